The van der Waals surface area contributed by atoms with Crippen molar-refractivity contribution in [3.05, 3.63) is 40.6 Å². The minimum Gasteiger partial charge on any atom is -0.307 e. The van der Waals surface area contributed by atoms with Crippen LogP contribution in [0.5, 0.6) is 0 Å². The number of nitro groups is 1. The van der Waals surface area contributed by atoms with Crippen LogP contribution in [0.2, 0.25) is 0 Å². The number of hydrogen-bond donors (Lipinski definition) is 0. The van der Waals surface area contributed by atoms with Crippen LogP contribution in [0.25, 0.3) is 0 Å². The molecule has 0 spiro atoms. The number of anilines is 2. The Morgan fingerprint density at radius 3 is 2.50 bits per heavy atom. The van der Waals surface area contributed by atoms with E-state index in [0.29, 0.717) is 17.1 Å². The van der Waals surface area contributed by atoms with Crippen molar-refractivity contribution in [2.24, 2.45) is 0 Å². The quantitative estimate of drug-likeness (QED) is 0.621. The van der Waals surface area contributed by atoms with Gasteiger partial charge in [-0.25, -0.2) is 0 Å². The van der Waals surface area contributed by atoms with Crippen LogP contribution in [0, 0.1) is 10.1 Å². The van der Waals surface area contributed by atoms with E-state index in [1.54, 1.807) is 13.8 Å². The topological polar surface area (TPSA) is 83.8 Å². The van der Waals surface area contributed by atoms with Gasteiger partial charge in [0.2, 0.25) is 11.8 Å². The van der Waals surface area contributed by atoms with Crippen LogP contribution in [-0.2, 0) is 9.59 Å². The van der Waals surface area contributed by atoms with Gasteiger partial charge in [-0.05, 0) is 19.9 Å². The van der Waals surface area contributed by atoms with E-state index >= 15 is 0 Å². The highest BCUT2D eigenvalue weighted by Crippen LogP contribution is 2.39. The molecule has 0 saturated heterocycles. The molecule has 116 valence electrons. The van der Waals surface area contributed by atoms with Crippen LogP contribution >= 0.6 is 0 Å². The van der Waals surface area contributed by atoms with E-state index in [1.807, 2.05) is 0 Å². The van der Waals surface area contributed by atoms with Crippen LogP contribution in [0.15, 0.2) is 30.5 Å². The maximum Gasteiger partial charge on any atom is 0.271 e. The molecule has 1 heterocycles. The fraction of sp³-hybridized carbons (Fsp3) is 0.333. The molecule has 22 heavy (non-hydrogen) atoms. The first kappa shape index (κ1) is 15.7. The average Bonchev–Trinajstić information content (AvgIpc) is 2.49. The van der Waals surface area contributed by atoms with E-state index < -0.39 is 11.0 Å². The number of nitrogens with zero attached hydrogens (tertiary/aromatic N) is 3. The number of carbonyl (C=O) groups is 2. The molecule has 0 aliphatic carbocycles. The molecule has 7 nitrogen and oxygen atoms in total. The molecule has 1 aliphatic rings. The largest absolute Gasteiger partial charge is 0.307 e. The van der Waals surface area contributed by atoms with Gasteiger partial charge in [0.1, 0.15) is 0 Å². The van der Waals surface area contributed by atoms with E-state index in [-0.39, 0.29) is 23.9 Å². The first-order chi connectivity index (χ1) is 10.2. The molecule has 0 radical (unpaired) electrons. The summed E-state index contributed by atoms with van der Waals surface area (Å²) in [6.07, 6.45) is 0.120. The Hall–Kier alpha value is -2.70. The van der Waals surface area contributed by atoms with Crippen molar-refractivity contribution in [3.8, 4) is 0 Å². The maximum atomic E-state index is 12.4. The number of rotatable bonds is 2. The smallest absolute Gasteiger partial charge is 0.271 e. The summed E-state index contributed by atoms with van der Waals surface area (Å²) >= 11 is 0. The predicted octanol–water partition coefficient (Wildman–Crippen LogP) is 2.61. The molecular weight excluding hydrogens is 286 g/mol. The fourth-order valence-electron chi connectivity index (χ4n) is 2.71. The number of non-ortho nitro benzene ring substituents is 1. The summed E-state index contributed by atoms with van der Waals surface area (Å²) < 4.78 is 0. The van der Waals surface area contributed by atoms with Crippen molar-refractivity contribution in [3.63, 3.8) is 0 Å². The third-order valence-electron chi connectivity index (χ3n) is 3.55. The van der Waals surface area contributed by atoms with Gasteiger partial charge >= 0.3 is 0 Å². The molecule has 2 amide bonds. The Kier molecular flexibility index (Phi) is 3.99. The van der Waals surface area contributed by atoms with E-state index in [2.05, 4.69) is 6.58 Å². The summed E-state index contributed by atoms with van der Waals surface area (Å²) in [5, 5.41) is 11.0. The molecular formula is C15H17N3O4. The van der Waals surface area contributed by atoms with Crippen molar-refractivity contribution >= 4 is 28.9 Å². The maximum absolute atomic E-state index is 12.4. The lowest BCUT2D eigenvalue weighted by atomic mass is 10.1. The minimum absolute atomic E-state index is 0.120. The lowest BCUT2D eigenvalue weighted by Gasteiger charge is -2.27. The molecule has 0 saturated carbocycles. The Balaban J connectivity index is 2.75. The molecule has 0 bridgehead atoms. The van der Waals surface area contributed by atoms with Crippen molar-refractivity contribution < 1.29 is 14.5 Å². The molecule has 1 atom stereocenters. The van der Waals surface area contributed by atoms with Crippen LogP contribution in [0.4, 0.5) is 17.1 Å². The first-order valence-electron chi connectivity index (χ1n) is 6.80. The van der Waals surface area contributed by atoms with Gasteiger partial charge in [-0.1, -0.05) is 6.58 Å². The number of allylic oxidation sites excluding steroid dienone is 1. The zero-order valence-electron chi connectivity index (χ0n) is 12.7. The standard InChI is InChI=1S/C15H17N3O4/c1-9(2)16-13-6-5-12(18(21)22)8-14(13)17(11(4)19)10(3)7-15(16)20/h5-6,8,10H,1,7H2,2-4H3. The normalized spacial score (nSPS) is 17.8. The number of fused-ring (bicyclic) bond motifs is 1. The fourth-order valence-corrected chi connectivity index (χ4v) is 2.71. The molecule has 1 unspecified atom stereocenters. The second kappa shape index (κ2) is 5.59. The lowest BCUT2D eigenvalue weighted by Crippen LogP contribution is -2.37. The Labute approximate surface area is 128 Å². The number of nitro benzene ring substituents is 1. The van der Waals surface area contributed by atoms with Crippen LogP contribution < -0.4 is 9.80 Å². The van der Waals surface area contributed by atoms with E-state index in [0.717, 1.165) is 0 Å². The first-order valence-corrected chi connectivity index (χ1v) is 6.80. The van der Waals surface area contributed by atoms with Gasteiger partial charge in [-0.15, -0.1) is 0 Å². The van der Waals surface area contributed by atoms with Gasteiger partial charge in [0.05, 0.1) is 16.3 Å². The highest BCUT2D eigenvalue weighted by molar-refractivity contribution is 6.06. The van der Waals surface area contributed by atoms with Gasteiger partial charge < -0.3 is 4.90 Å². The van der Waals surface area contributed by atoms with Crippen molar-refractivity contribution in [2.75, 3.05) is 9.80 Å². The molecule has 1 aromatic rings. The number of carbonyl (C=O) groups excluding carboxylic acids is 2. The molecule has 0 aromatic heterocycles. The Morgan fingerprint density at radius 2 is 2.00 bits per heavy atom. The van der Waals surface area contributed by atoms with Gasteiger partial charge in [0.15, 0.2) is 0 Å². The zero-order chi connectivity index (χ0) is 16.6. The highest BCUT2D eigenvalue weighted by atomic mass is 16.6. The van der Waals surface area contributed by atoms with Crippen molar-refractivity contribution in [1.82, 2.24) is 0 Å². The monoisotopic (exact) mass is 303 g/mol. The van der Waals surface area contributed by atoms with E-state index in [4.69, 9.17) is 0 Å². The second-order valence-electron chi connectivity index (χ2n) is 5.34. The summed E-state index contributed by atoms with van der Waals surface area (Å²) in [6.45, 7) is 8.58. The molecule has 7 heteroatoms. The lowest BCUT2D eigenvalue weighted by molar-refractivity contribution is -0.384. The van der Waals surface area contributed by atoms with E-state index in [9.17, 15) is 19.7 Å². The highest BCUT2D eigenvalue weighted by Gasteiger charge is 2.34. The third-order valence-corrected chi connectivity index (χ3v) is 3.55. The van der Waals surface area contributed by atoms with Crippen LogP contribution in [0.3, 0.4) is 0 Å². The van der Waals surface area contributed by atoms with Crippen LogP contribution in [0.1, 0.15) is 27.2 Å². The summed E-state index contributed by atoms with van der Waals surface area (Å²) in [7, 11) is 0. The summed E-state index contributed by atoms with van der Waals surface area (Å²) in [4.78, 5) is 37.7. The van der Waals surface area contributed by atoms with Gasteiger partial charge in [0.25, 0.3) is 5.69 Å². The predicted molar refractivity (Wildman–Crippen MR) is 82.6 cm³/mol. The molecule has 1 aromatic carbocycles. The molecule has 0 N–H and O–H groups in total. The van der Waals surface area contributed by atoms with Gasteiger partial charge in [-0.3, -0.25) is 24.6 Å². The summed E-state index contributed by atoms with van der Waals surface area (Å²) in [5.41, 5.74) is 1.15. The van der Waals surface area contributed by atoms with Gasteiger partial charge in [0, 0.05) is 37.2 Å². The minimum atomic E-state index is -0.527. The summed E-state index contributed by atoms with van der Waals surface area (Å²) in [6, 6.07) is 3.72. The number of benzene rings is 1. The van der Waals surface area contributed by atoms with Crippen molar-refractivity contribution in [1.29, 1.82) is 0 Å². The van der Waals surface area contributed by atoms with E-state index in [1.165, 1.54) is 34.9 Å². The third kappa shape index (κ3) is 2.57. The van der Waals surface area contributed by atoms with Crippen LogP contribution in [-0.4, -0.2) is 22.8 Å². The number of amides is 2. The molecule has 0 fully saturated rings. The van der Waals surface area contributed by atoms with Crippen molar-refractivity contribution in [2.45, 2.75) is 33.2 Å². The SMILES string of the molecule is C=C(C)N1C(=O)CC(C)N(C(C)=O)c2cc([N+](=O)[O-])ccc21. The second-order valence-corrected chi connectivity index (χ2v) is 5.34. The molecule has 2 rings (SSSR count). The van der Waals surface area contributed by atoms with Gasteiger partial charge in [-0.2, -0.15) is 0 Å². The number of hydrogen-bond acceptors (Lipinski definition) is 4. The molecule has 1 aliphatic heterocycles. The summed E-state index contributed by atoms with van der Waals surface area (Å²) in [5.74, 6) is -0.468. The average molecular weight is 303 g/mol. The zero-order valence-corrected chi connectivity index (χ0v) is 12.7. The Bertz CT molecular complexity index is 683. The Morgan fingerprint density at radius 1 is 1.36 bits per heavy atom.